The average Bonchev–Trinajstić information content (AvgIpc) is 2.20. The molecule has 0 atom stereocenters. The lowest BCUT2D eigenvalue weighted by molar-refractivity contribution is -0.671. The number of unbranched alkanes of at least 4 members (excludes halogenated alkanes) is 1. The number of nitrogens with zero attached hydrogens (tertiary/aromatic N) is 2. The largest absolute Gasteiger partial charge is 0.512 e. The molecule has 0 aliphatic heterocycles. The highest BCUT2D eigenvalue weighted by molar-refractivity contribution is 5.06. The van der Waals surface area contributed by atoms with Crippen LogP contribution in [0.25, 0.3) is 0 Å². The average molecular weight is 176 g/mol. The summed E-state index contributed by atoms with van der Waals surface area (Å²) in [7, 11) is 2.05. The zero-order valence-electron chi connectivity index (χ0n) is 8.33. The van der Waals surface area contributed by atoms with Crippen LogP contribution in [0.15, 0.2) is 24.5 Å². The van der Waals surface area contributed by atoms with E-state index in [9.17, 15) is 0 Å². The Labute approximate surface area is 80.4 Å². The number of pyridine rings is 1. The fourth-order valence-corrected chi connectivity index (χ4v) is 1.08. The fourth-order valence-electron chi connectivity index (χ4n) is 1.08. The van der Waals surface area contributed by atoms with Crippen molar-refractivity contribution in [2.75, 3.05) is 0 Å². The Bertz CT molecular complexity index is 236. The van der Waals surface area contributed by atoms with Gasteiger partial charge in [-0.25, -0.2) is 4.57 Å². The third-order valence-electron chi connectivity index (χ3n) is 1.87. The third kappa shape index (κ3) is 4.97. The van der Waals surface area contributed by atoms with Gasteiger partial charge >= 0.3 is 0 Å². The summed E-state index contributed by atoms with van der Waals surface area (Å²) < 4.78 is 2.06. The summed E-state index contributed by atoms with van der Waals surface area (Å²) in [5.41, 5.74) is 1.45. The zero-order valence-corrected chi connectivity index (χ0v) is 8.33. The molecule has 0 bridgehead atoms. The first-order valence-corrected chi connectivity index (χ1v) is 4.49. The highest BCUT2D eigenvalue weighted by Gasteiger charge is 1.93. The van der Waals surface area contributed by atoms with Crippen molar-refractivity contribution in [2.24, 2.45) is 7.05 Å². The highest BCUT2D eigenvalue weighted by atomic mass is 14.9. The maximum atomic E-state index is 6.25. The second-order valence-corrected chi connectivity index (χ2v) is 2.98. The topological polar surface area (TPSA) is 27.7 Å². The van der Waals surface area contributed by atoms with Gasteiger partial charge in [0.25, 0.3) is 0 Å². The molecule has 1 heterocycles. The predicted octanol–water partition coefficient (Wildman–Crippen LogP) is 1.95. The maximum Gasteiger partial charge on any atom is 0.168 e. The molecule has 70 valence electrons. The van der Waals surface area contributed by atoms with Gasteiger partial charge in [-0.05, 0) is 18.4 Å². The van der Waals surface area contributed by atoms with E-state index in [0.29, 0.717) is 0 Å². The van der Waals surface area contributed by atoms with Crippen molar-refractivity contribution in [1.29, 1.82) is 5.26 Å². The van der Waals surface area contributed by atoms with Crippen LogP contribution in [0.5, 0.6) is 0 Å². The van der Waals surface area contributed by atoms with Gasteiger partial charge in [-0.3, -0.25) is 0 Å². The molecule has 0 aliphatic rings. The second kappa shape index (κ2) is 7.30. The summed E-state index contributed by atoms with van der Waals surface area (Å²) in [6, 6.07) is 4.38. The molecule has 0 saturated carbocycles. The van der Waals surface area contributed by atoms with Crippen LogP contribution in [0, 0.1) is 11.8 Å². The molecule has 0 aliphatic carbocycles. The normalized spacial score (nSPS) is 8.62. The number of hydrogen-bond donors (Lipinski definition) is 0. The molecule has 0 amide bonds. The lowest BCUT2D eigenvalue weighted by Gasteiger charge is -1.96. The minimum absolute atomic E-state index is 1.22. The Balaban J connectivity index is 0.000000671. The second-order valence-electron chi connectivity index (χ2n) is 2.98. The standard InChI is InChI=1S/C10H16N.CN/c1-3-4-5-10-6-8-11(2)9-7-10;1-2/h6-9H,3-5H2,1-2H3;/q+1;-1. The first kappa shape index (κ1) is 11.6. The van der Waals surface area contributed by atoms with Crippen LogP contribution < -0.4 is 4.57 Å². The van der Waals surface area contributed by atoms with Gasteiger partial charge < -0.3 is 11.8 Å². The molecule has 1 aromatic rings. The summed E-state index contributed by atoms with van der Waals surface area (Å²) in [6.07, 6.45) is 8.00. The smallest absolute Gasteiger partial charge is 0.168 e. The molecular formula is C11H16N2. The summed E-state index contributed by atoms with van der Waals surface area (Å²) in [5, 5.41) is 6.25. The number of aryl methyl sites for hydroxylation is 2. The molecule has 1 rings (SSSR count). The van der Waals surface area contributed by atoms with Crippen molar-refractivity contribution in [3.05, 3.63) is 36.7 Å². The van der Waals surface area contributed by atoms with E-state index in [-0.39, 0.29) is 0 Å². The third-order valence-corrected chi connectivity index (χ3v) is 1.87. The number of hydrogen-bond acceptors (Lipinski definition) is 1. The van der Waals surface area contributed by atoms with E-state index >= 15 is 0 Å². The Morgan fingerprint density at radius 2 is 1.85 bits per heavy atom. The summed E-state index contributed by atoms with van der Waals surface area (Å²) >= 11 is 0. The van der Waals surface area contributed by atoms with E-state index in [1.807, 2.05) is 7.05 Å². The minimum Gasteiger partial charge on any atom is -0.512 e. The Morgan fingerprint density at radius 3 is 2.31 bits per heavy atom. The lowest BCUT2D eigenvalue weighted by Crippen LogP contribution is -2.25. The summed E-state index contributed by atoms with van der Waals surface area (Å²) in [4.78, 5) is 0. The first-order chi connectivity index (χ1) is 6.33. The van der Waals surface area contributed by atoms with Gasteiger partial charge in [0.05, 0.1) is 0 Å². The molecule has 0 spiro atoms. The molecule has 2 heteroatoms. The molecule has 0 aromatic carbocycles. The zero-order chi connectivity index (χ0) is 10.1. The van der Waals surface area contributed by atoms with Crippen molar-refractivity contribution in [3.63, 3.8) is 0 Å². The van der Waals surface area contributed by atoms with Crippen molar-refractivity contribution in [1.82, 2.24) is 0 Å². The SMILES string of the molecule is CCCCc1cc[n+](C)cc1.[C-]#N. The quantitative estimate of drug-likeness (QED) is 0.511. The van der Waals surface area contributed by atoms with Crippen molar-refractivity contribution in [2.45, 2.75) is 26.2 Å². The van der Waals surface area contributed by atoms with Gasteiger partial charge in [-0.2, -0.15) is 0 Å². The molecule has 0 fully saturated rings. The van der Waals surface area contributed by atoms with E-state index in [4.69, 9.17) is 11.8 Å². The van der Waals surface area contributed by atoms with Crippen LogP contribution >= 0.6 is 0 Å². The maximum absolute atomic E-state index is 6.25. The molecule has 0 radical (unpaired) electrons. The molecule has 1 aromatic heterocycles. The van der Waals surface area contributed by atoms with Crippen LogP contribution in [0.4, 0.5) is 0 Å². The van der Waals surface area contributed by atoms with Gasteiger partial charge in [-0.1, -0.05) is 13.3 Å². The van der Waals surface area contributed by atoms with Crippen LogP contribution in [0.2, 0.25) is 0 Å². The Kier molecular flexibility index (Phi) is 6.53. The van der Waals surface area contributed by atoms with E-state index in [1.165, 1.54) is 24.8 Å². The van der Waals surface area contributed by atoms with Gasteiger partial charge in [0.1, 0.15) is 7.05 Å². The van der Waals surface area contributed by atoms with E-state index < -0.39 is 0 Å². The molecular weight excluding hydrogens is 160 g/mol. The molecule has 13 heavy (non-hydrogen) atoms. The highest BCUT2D eigenvalue weighted by Crippen LogP contribution is 2.01. The van der Waals surface area contributed by atoms with Gasteiger partial charge in [0, 0.05) is 12.1 Å². The van der Waals surface area contributed by atoms with Crippen molar-refractivity contribution in [3.8, 4) is 0 Å². The van der Waals surface area contributed by atoms with Crippen molar-refractivity contribution >= 4 is 0 Å². The first-order valence-electron chi connectivity index (χ1n) is 4.49. The number of rotatable bonds is 3. The van der Waals surface area contributed by atoms with Crippen LogP contribution in [0.3, 0.4) is 0 Å². The monoisotopic (exact) mass is 176 g/mol. The van der Waals surface area contributed by atoms with E-state index in [0.717, 1.165) is 0 Å². The lowest BCUT2D eigenvalue weighted by atomic mass is 10.1. The molecule has 0 saturated heterocycles. The molecule has 0 N–H and O–H groups in total. The van der Waals surface area contributed by atoms with E-state index in [1.54, 1.807) is 0 Å². The van der Waals surface area contributed by atoms with Gasteiger partial charge in [0.15, 0.2) is 12.4 Å². The molecule has 2 nitrogen and oxygen atoms in total. The van der Waals surface area contributed by atoms with Crippen LogP contribution in [0.1, 0.15) is 25.3 Å². The summed E-state index contributed by atoms with van der Waals surface area (Å²) in [6.45, 7) is 6.98. The predicted molar refractivity (Wildman–Crippen MR) is 51.2 cm³/mol. The number of aromatic nitrogens is 1. The Morgan fingerprint density at radius 1 is 1.31 bits per heavy atom. The summed E-state index contributed by atoms with van der Waals surface area (Å²) in [5.74, 6) is 0. The van der Waals surface area contributed by atoms with Crippen LogP contribution in [-0.4, -0.2) is 0 Å². The van der Waals surface area contributed by atoms with Crippen LogP contribution in [-0.2, 0) is 13.5 Å². The molecule has 0 unspecified atom stereocenters. The Hall–Kier alpha value is -1.36. The van der Waals surface area contributed by atoms with Gasteiger partial charge in [0.2, 0.25) is 0 Å². The van der Waals surface area contributed by atoms with Crippen molar-refractivity contribution < 1.29 is 4.57 Å². The fraction of sp³-hybridized carbons (Fsp3) is 0.455. The van der Waals surface area contributed by atoms with E-state index in [2.05, 4.69) is 36.0 Å². The van der Waals surface area contributed by atoms with Gasteiger partial charge in [-0.15, -0.1) is 0 Å². The minimum atomic E-state index is 1.22.